The molecule has 0 N–H and O–H groups in total. The zero-order valence-electron chi connectivity index (χ0n) is 11.6. The molecule has 0 aromatic rings. The monoisotopic (exact) mass is 234 g/mol. The van der Waals surface area contributed by atoms with Gasteiger partial charge < -0.3 is 0 Å². The minimum absolute atomic E-state index is 0.307. The van der Waals surface area contributed by atoms with Crippen molar-refractivity contribution in [3.63, 3.8) is 0 Å². The lowest BCUT2D eigenvalue weighted by molar-refractivity contribution is 0.0761. The van der Waals surface area contributed by atoms with Crippen LogP contribution in [0.4, 0.5) is 0 Å². The molecule has 17 heavy (non-hydrogen) atoms. The molecule has 0 radical (unpaired) electrons. The molecule has 0 aromatic heterocycles. The first kappa shape index (κ1) is 12.9. The lowest BCUT2D eigenvalue weighted by atomic mass is 9.75. The summed E-state index contributed by atoms with van der Waals surface area (Å²) >= 11 is 0. The Kier molecular flexibility index (Phi) is 3.78. The summed E-state index contributed by atoms with van der Waals surface area (Å²) in [5.74, 6) is 1.17. The maximum atomic E-state index is 9.17. The highest BCUT2D eigenvalue weighted by Gasteiger charge is 2.36. The molecule has 0 spiro atoms. The first-order valence-corrected chi connectivity index (χ1v) is 7.16. The summed E-state index contributed by atoms with van der Waals surface area (Å²) < 4.78 is 0. The van der Waals surface area contributed by atoms with Gasteiger partial charge in [-0.3, -0.25) is 4.90 Å². The minimum Gasteiger partial charge on any atom is -0.299 e. The maximum Gasteiger partial charge on any atom is 0.0672 e. The largest absolute Gasteiger partial charge is 0.299 e. The molecule has 1 aliphatic heterocycles. The molecule has 2 atom stereocenters. The molecule has 2 aliphatic rings. The van der Waals surface area contributed by atoms with Crippen molar-refractivity contribution >= 4 is 0 Å². The van der Waals surface area contributed by atoms with Crippen molar-refractivity contribution in [1.29, 1.82) is 5.26 Å². The molecule has 1 heterocycles. The number of nitriles is 1. The van der Waals surface area contributed by atoms with E-state index in [1.807, 2.05) is 0 Å². The number of hydrogen-bond donors (Lipinski definition) is 0. The lowest BCUT2D eigenvalue weighted by Gasteiger charge is -2.41. The van der Waals surface area contributed by atoms with Gasteiger partial charge in [0.15, 0.2) is 0 Å². The van der Waals surface area contributed by atoms with E-state index in [2.05, 4.69) is 31.7 Å². The first-order chi connectivity index (χ1) is 8.02. The third-order valence-corrected chi connectivity index (χ3v) is 4.87. The zero-order chi connectivity index (χ0) is 12.5. The topological polar surface area (TPSA) is 27.0 Å². The minimum atomic E-state index is 0.307. The molecule has 96 valence electrons. The highest BCUT2D eigenvalue weighted by Crippen LogP contribution is 2.37. The molecule has 1 saturated heterocycles. The smallest absolute Gasteiger partial charge is 0.0672 e. The van der Waals surface area contributed by atoms with Crippen molar-refractivity contribution in [2.24, 2.45) is 17.3 Å². The van der Waals surface area contributed by atoms with Crippen LogP contribution in [0.1, 0.15) is 52.9 Å². The normalized spacial score (nSPS) is 32.6. The molecule has 0 bridgehead atoms. The second kappa shape index (κ2) is 4.98. The second-order valence-electron chi connectivity index (χ2n) is 6.91. The van der Waals surface area contributed by atoms with E-state index in [1.54, 1.807) is 0 Å². The van der Waals surface area contributed by atoms with Gasteiger partial charge in [0.05, 0.1) is 12.0 Å². The number of likely N-dealkylation sites (tertiary alicyclic amines) is 1. The van der Waals surface area contributed by atoms with Crippen molar-refractivity contribution in [3.05, 3.63) is 0 Å². The van der Waals surface area contributed by atoms with Gasteiger partial charge in [-0.15, -0.1) is 0 Å². The van der Waals surface area contributed by atoms with Crippen LogP contribution >= 0.6 is 0 Å². The van der Waals surface area contributed by atoms with E-state index in [-0.39, 0.29) is 0 Å². The fourth-order valence-corrected chi connectivity index (χ4v) is 3.63. The Bertz CT molecular complexity index is 289. The fraction of sp³-hybridized carbons (Fsp3) is 0.933. The standard InChI is InChI=1S/C15H26N2/c1-15(2,3)13-7-9-17(10-8-13)14-6-4-5-12(14)11-16/h12-14H,4-10H2,1-3H3. The molecule has 0 amide bonds. The third kappa shape index (κ3) is 2.83. The zero-order valence-corrected chi connectivity index (χ0v) is 11.6. The van der Waals surface area contributed by atoms with Crippen LogP contribution in [-0.4, -0.2) is 24.0 Å². The molecule has 2 fully saturated rings. The van der Waals surface area contributed by atoms with Crippen LogP contribution in [0.5, 0.6) is 0 Å². The summed E-state index contributed by atoms with van der Waals surface area (Å²) in [5, 5.41) is 9.17. The SMILES string of the molecule is CC(C)(C)C1CCN(C2CCCC2C#N)CC1. The number of nitrogens with zero attached hydrogens (tertiary/aromatic N) is 2. The Labute approximate surface area is 106 Å². The van der Waals surface area contributed by atoms with E-state index in [0.29, 0.717) is 17.4 Å². The van der Waals surface area contributed by atoms with Crippen molar-refractivity contribution in [2.45, 2.75) is 58.9 Å². The molecule has 2 rings (SSSR count). The average Bonchev–Trinajstić information content (AvgIpc) is 2.76. The molecular weight excluding hydrogens is 208 g/mol. The highest BCUT2D eigenvalue weighted by molar-refractivity contribution is 4.98. The van der Waals surface area contributed by atoms with Crippen molar-refractivity contribution < 1.29 is 0 Å². The van der Waals surface area contributed by atoms with Crippen LogP contribution in [0.2, 0.25) is 0 Å². The molecule has 1 saturated carbocycles. The molecule has 2 heteroatoms. The van der Waals surface area contributed by atoms with Crippen LogP contribution < -0.4 is 0 Å². The Morgan fingerprint density at radius 1 is 1.06 bits per heavy atom. The summed E-state index contributed by atoms with van der Waals surface area (Å²) in [6, 6.07) is 3.08. The summed E-state index contributed by atoms with van der Waals surface area (Å²) in [6.45, 7) is 9.51. The molecule has 0 aromatic carbocycles. The predicted molar refractivity (Wildman–Crippen MR) is 70.5 cm³/mol. The van der Waals surface area contributed by atoms with Crippen molar-refractivity contribution in [2.75, 3.05) is 13.1 Å². The van der Waals surface area contributed by atoms with Gasteiger partial charge in [0, 0.05) is 6.04 Å². The predicted octanol–water partition coefficient (Wildman–Crippen LogP) is 3.44. The van der Waals surface area contributed by atoms with E-state index in [1.165, 1.54) is 38.8 Å². The fourth-order valence-electron chi connectivity index (χ4n) is 3.63. The van der Waals surface area contributed by atoms with E-state index in [4.69, 9.17) is 0 Å². The summed E-state index contributed by atoms with van der Waals surface area (Å²) in [6.07, 6.45) is 6.26. The van der Waals surface area contributed by atoms with Crippen molar-refractivity contribution in [3.8, 4) is 6.07 Å². The summed E-state index contributed by atoms with van der Waals surface area (Å²) in [7, 11) is 0. The van der Waals surface area contributed by atoms with Gasteiger partial charge >= 0.3 is 0 Å². The number of piperidine rings is 1. The van der Waals surface area contributed by atoms with Crippen LogP contribution in [-0.2, 0) is 0 Å². The van der Waals surface area contributed by atoms with Crippen LogP contribution in [0.25, 0.3) is 0 Å². The van der Waals surface area contributed by atoms with Gasteiger partial charge in [0.1, 0.15) is 0 Å². The van der Waals surface area contributed by atoms with Gasteiger partial charge in [0.25, 0.3) is 0 Å². The van der Waals surface area contributed by atoms with Gasteiger partial charge in [-0.25, -0.2) is 0 Å². The number of hydrogen-bond acceptors (Lipinski definition) is 2. The quantitative estimate of drug-likeness (QED) is 0.695. The van der Waals surface area contributed by atoms with Gasteiger partial charge in [-0.1, -0.05) is 27.2 Å². The Hall–Kier alpha value is -0.550. The summed E-state index contributed by atoms with van der Waals surface area (Å²) in [4.78, 5) is 2.60. The second-order valence-corrected chi connectivity index (χ2v) is 6.91. The van der Waals surface area contributed by atoms with Crippen LogP contribution in [0.3, 0.4) is 0 Å². The van der Waals surface area contributed by atoms with Crippen LogP contribution in [0, 0.1) is 28.6 Å². The van der Waals surface area contributed by atoms with Gasteiger partial charge in [-0.2, -0.15) is 5.26 Å². The summed E-state index contributed by atoms with van der Waals surface area (Å²) in [5.41, 5.74) is 0.455. The highest BCUT2D eigenvalue weighted by atomic mass is 15.2. The van der Waals surface area contributed by atoms with E-state index >= 15 is 0 Å². The van der Waals surface area contributed by atoms with E-state index in [0.717, 1.165) is 12.3 Å². The Balaban J connectivity index is 1.89. The number of rotatable bonds is 1. The molecular formula is C15H26N2. The van der Waals surface area contributed by atoms with E-state index < -0.39 is 0 Å². The molecule has 2 unspecified atom stereocenters. The maximum absolute atomic E-state index is 9.17. The lowest BCUT2D eigenvalue weighted by Crippen LogP contribution is -2.44. The third-order valence-electron chi connectivity index (χ3n) is 4.87. The Morgan fingerprint density at radius 3 is 2.24 bits per heavy atom. The average molecular weight is 234 g/mol. The molecule has 2 nitrogen and oxygen atoms in total. The Morgan fingerprint density at radius 2 is 1.71 bits per heavy atom. The van der Waals surface area contributed by atoms with Gasteiger partial charge in [0.2, 0.25) is 0 Å². The first-order valence-electron chi connectivity index (χ1n) is 7.16. The molecule has 1 aliphatic carbocycles. The van der Waals surface area contributed by atoms with Gasteiger partial charge in [-0.05, 0) is 50.1 Å². The van der Waals surface area contributed by atoms with E-state index in [9.17, 15) is 5.26 Å². The van der Waals surface area contributed by atoms with Crippen LogP contribution in [0.15, 0.2) is 0 Å². The van der Waals surface area contributed by atoms with Crippen molar-refractivity contribution in [1.82, 2.24) is 4.90 Å².